The highest BCUT2D eigenvalue weighted by Crippen LogP contribution is 2.26. The van der Waals surface area contributed by atoms with E-state index in [9.17, 15) is 0 Å². The molecule has 0 spiro atoms. The molecule has 0 aliphatic heterocycles. The van der Waals surface area contributed by atoms with Crippen LogP contribution in [0.5, 0.6) is 6.01 Å². The molecule has 2 aromatic rings. The van der Waals surface area contributed by atoms with Crippen LogP contribution in [-0.4, -0.2) is 27.6 Å². The van der Waals surface area contributed by atoms with E-state index in [1.807, 2.05) is 26.8 Å². The average Bonchev–Trinajstić information content (AvgIpc) is 2.75. The zero-order valence-corrected chi connectivity index (χ0v) is 12.4. The molecule has 2 rings (SSSR count). The van der Waals surface area contributed by atoms with Crippen LogP contribution < -0.4 is 10.1 Å². The number of aryl methyl sites for hydroxylation is 1. The molecule has 0 atom stereocenters. The summed E-state index contributed by atoms with van der Waals surface area (Å²) in [5.41, 5.74) is 0. The first-order valence-electron chi connectivity index (χ1n) is 6.32. The van der Waals surface area contributed by atoms with E-state index in [0.717, 1.165) is 11.4 Å². The quantitative estimate of drug-likeness (QED) is 0.910. The van der Waals surface area contributed by atoms with Gasteiger partial charge in [0, 0.05) is 11.4 Å². The third-order valence-corrected chi connectivity index (χ3v) is 3.25. The van der Waals surface area contributed by atoms with Crippen LogP contribution in [0.15, 0.2) is 12.1 Å². The topological polar surface area (TPSA) is 59.9 Å². The van der Waals surface area contributed by atoms with Crippen molar-refractivity contribution in [1.29, 1.82) is 0 Å². The van der Waals surface area contributed by atoms with E-state index in [-0.39, 0.29) is 6.10 Å². The summed E-state index contributed by atoms with van der Waals surface area (Å²) in [6.45, 7) is 8.72. The monoisotopic (exact) mass is 278 g/mol. The molecule has 102 valence electrons. The Labute approximate surface area is 117 Å². The van der Waals surface area contributed by atoms with Gasteiger partial charge in [-0.15, -0.1) is 11.3 Å². The van der Waals surface area contributed by atoms with Gasteiger partial charge in [0.2, 0.25) is 5.95 Å². The molecule has 1 N–H and O–H groups in total. The van der Waals surface area contributed by atoms with Crippen molar-refractivity contribution in [2.75, 3.05) is 11.9 Å². The minimum atomic E-state index is 0.0369. The average molecular weight is 278 g/mol. The summed E-state index contributed by atoms with van der Waals surface area (Å²) in [5, 5.41) is 3.10. The van der Waals surface area contributed by atoms with E-state index < -0.39 is 0 Å². The summed E-state index contributed by atoms with van der Waals surface area (Å²) < 4.78 is 5.57. The van der Waals surface area contributed by atoms with Crippen LogP contribution in [0.2, 0.25) is 0 Å². The molecule has 0 amide bonds. The lowest BCUT2D eigenvalue weighted by molar-refractivity contribution is 0.222. The molecular formula is C13H18N4OS. The summed E-state index contributed by atoms with van der Waals surface area (Å²) in [7, 11) is 0. The predicted molar refractivity (Wildman–Crippen MR) is 77.8 cm³/mol. The molecule has 19 heavy (non-hydrogen) atoms. The molecule has 2 aromatic heterocycles. The van der Waals surface area contributed by atoms with Crippen LogP contribution >= 0.6 is 11.3 Å². The molecule has 0 fully saturated rings. The van der Waals surface area contributed by atoms with Crippen molar-refractivity contribution >= 4 is 17.3 Å². The van der Waals surface area contributed by atoms with Gasteiger partial charge in [0.15, 0.2) is 5.82 Å². The first-order valence-corrected chi connectivity index (χ1v) is 7.13. The SMILES string of the molecule is CCNc1nc(OC(C)C)nc(-c2ccc(C)s2)n1. The molecule has 6 heteroatoms. The predicted octanol–water partition coefficient (Wildman–Crippen LogP) is 3.13. The molecule has 5 nitrogen and oxygen atoms in total. The van der Waals surface area contributed by atoms with E-state index >= 15 is 0 Å². The summed E-state index contributed by atoms with van der Waals surface area (Å²) >= 11 is 1.66. The molecule has 0 saturated heterocycles. The van der Waals surface area contributed by atoms with Crippen molar-refractivity contribution in [2.24, 2.45) is 0 Å². The zero-order valence-electron chi connectivity index (χ0n) is 11.6. The Morgan fingerprint density at radius 1 is 1.26 bits per heavy atom. The highest BCUT2D eigenvalue weighted by Gasteiger charge is 2.11. The Hall–Kier alpha value is -1.69. The van der Waals surface area contributed by atoms with E-state index in [0.29, 0.717) is 17.8 Å². The lowest BCUT2D eigenvalue weighted by atomic mass is 10.4. The second kappa shape index (κ2) is 5.97. The molecule has 2 heterocycles. The first kappa shape index (κ1) is 13.7. The Kier molecular flexibility index (Phi) is 4.31. The molecule has 0 aliphatic carbocycles. The fourth-order valence-electron chi connectivity index (χ4n) is 1.52. The second-order valence-corrected chi connectivity index (χ2v) is 5.66. The lowest BCUT2D eigenvalue weighted by Gasteiger charge is -2.10. The Balaban J connectivity index is 2.38. The number of nitrogens with one attached hydrogen (secondary N) is 1. The number of hydrogen-bond acceptors (Lipinski definition) is 6. The van der Waals surface area contributed by atoms with Gasteiger partial charge in [0.25, 0.3) is 0 Å². The van der Waals surface area contributed by atoms with Crippen LogP contribution in [0.3, 0.4) is 0 Å². The number of anilines is 1. The van der Waals surface area contributed by atoms with Gasteiger partial charge in [-0.05, 0) is 39.8 Å². The Morgan fingerprint density at radius 2 is 2.05 bits per heavy atom. The van der Waals surface area contributed by atoms with Gasteiger partial charge in [-0.25, -0.2) is 0 Å². The fourth-order valence-corrected chi connectivity index (χ4v) is 2.32. The Bertz CT molecular complexity index is 553. The summed E-state index contributed by atoms with van der Waals surface area (Å²) in [6, 6.07) is 4.44. The molecular weight excluding hydrogens is 260 g/mol. The van der Waals surface area contributed by atoms with E-state index in [1.165, 1.54) is 4.88 Å². The molecule has 0 unspecified atom stereocenters. The highest BCUT2D eigenvalue weighted by atomic mass is 32.1. The van der Waals surface area contributed by atoms with E-state index in [2.05, 4.69) is 33.3 Å². The minimum absolute atomic E-state index is 0.0369. The number of rotatable bonds is 5. The zero-order chi connectivity index (χ0) is 13.8. The van der Waals surface area contributed by atoms with Crippen molar-refractivity contribution in [3.05, 3.63) is 17.0 Å². The third kappa shape index (κ3) is 3.64. The van der Waals surface area contributed by atoms with Crippen LogP contribution in [0.4, 0.5) is 5.95 Å². The van der Waals surface area contributed by atoms with Crippen LogP contribution in [0.25, 0.3) is 10.7 Å². The number of nitrogens with zero attached hydrogens (tertiary/aromatic N) is 3. The van der Waals surface area contributed by atoms with Gasteiger partial charge < -0.3 is 10.1 Å². The maximum atomic E-state index is 5.57. The fraction of sp³-hybridized carbons (Fsp3) is 0.462. The van der Waals surface area contributed by atoms with Crippen LogP contribution in [0, 0.1) is 6.92 Å². The van der Waals surface area contributed by atoms with E-state index in [1.54, 1.807) is 11.3 Å². The van der Waals surface area contributed by atoms with Crippen molar-refractivity contribution in [3.8, 4) is 16.7 Å². The number of hydrogen-bond donors (Lipinski definition) is 1. The van der Waals surface area contributed by atoms with Gasteiger partial charge in [0.1, 0.15) is 0 Å². The maximum absolute atomic E-state index is 5.57. The number of thiophene rings is 1. The van der Waals surface area contributed by atoms with Crippen molar-refractivity contribution in [1.82, 2.24) is 15.0 Å². The standard InChI is InChI=1S/C13H18N4OS/c1-5-14-12-15-11(10-7-6-9(4)19-10)16-13(17-12)18-8(2)3/h6-8H,5H2,1-4H3,(H,14,15,16,17). The number of ether oxygens (including phenoxy) is 1. The van der Waals surface area contributed by atoms with Crippen molar-refractivity contribution in [3.63, 3.8) is 0 Å². The largest absolute Gasteiger partial charge is 0.461 e. The highest BCUT2D eigenvalue weighted by molar-refractivity contribution is 7.15. The lowest BCUT2D eigenvalue weighted by Crippen LogP contribution is -2.11. The third-order valence-electron chi connectivity index (χ3n) is 2.25. The maximum Gasteiger partial charge on any atom is 0.322 e. The molecule has 0 bridgehead atoms. The number of aromatic nitrogens is 3. The molecule has 0 aromatic carbocycles. The summed E-state index contributed by atoms with van der Waals surface area (Å²) in [6.07, 6.45) is 0.0369. The van der Waals surface area contributed by atoms with Crippen LogP contribution in [-0.2, 0) is 0 Å². The summed E-state index contributed by atoms with van der Waals surface area (Å²) in [5.74, 6) is 1.20. The van der Waals surface area contributed by atoms with Gasteiger partial charge in [-0.2, -0.15) is 15.0 Å². The summed E-state index contributed by atoms with van der Waals surface area (Å²) in [4.78, 5) is 15.3. The van der Waals surface area contributed by atoms with Crippen LogP contribution in [0.1, 0.15) is 25.6 Å². The molecule has 0 aliphatic rings. The minimum Gasteiger partial charge on any atom is -0.461 e. The van der Waals surface area contributed by atoms with Gasteiger partial charge in [-0.3, -0.25) is 0 Å². The van der Waals surface area contributed by atoms with E-state index in [4.69, 9.17) is 4.74 Å². The Morgan fingerprint density at radius 3 is 2.63 bits per heavy atom. The van der Waals surface area contributed by atoms with Crippen molar-refractivity contribution < 1.29 is 4.74 Å². The molecule has 0 radical (unpaired) electrons. The second-order valence-electron chi connectivity index (χ2n) is 4.37. The van der Waals surface area contributed by atoms with Crippen molar-refractivity contribution in [2.45, 2.75) is 33.8 Å². The molecule has 0 saturated carbocycles. The van der Waals surface area contributed by atoms with Gasteiger partial charge in [0.05, 0.1) is 11.0 Å². The van der Waals surface area contributed by atoms with Gasteiger partial charge in [-0.1, -0.05) is 0 Å². The van der Waals surface area contributed by atoms with Gasteiger partial charge >= 0.3 is 6.01 Å². The smallest absolute Gasteiger partial charge is 0.322 e. The normalized spacial score (nSPS) is 10.8. The first-order chi connectivity index (χ1) is 9.08.